The smallest absolute Gasteiger partial charge is 0.462 e. The van der Waals surface area contributed by atoms with Gasteiger partial charge in [-0.2, -0.15) is 0 Å². The van der Waals surface area contributed by atoms with E-state index in [2.05, 4.69) is 83.7 Å². The molecule has 14 nitrogen and oxygen atoms in total. The minimum atomic E-state index is -4.88. The van der Waals surface area contributed by atoms with Gasteiger partial charge < -0.3 is 34.0 Å². The van der Waals surface area contributed by atoms with Gasteiger partial charge in [-0.1, -0.05) is 125 Å². The fourth-order valence-electron chi connectivity index (χ4n) is 5.86. The monoisotopic (exact) mass is 916 g/mol. The maximum Gasteiger partial charge on any atom is 0.472 e. The molecule has 0 radical (unpaired) electrons. The predicted molar refractivity (Wildman–Crippen MR) is 243 cm³/mol. The summed E-state index contributed by atoms with van der Waals surface area (Å²) >= 11 is 0. The lowest BCUT2D eigenvalue weighted by Gasteiger charge is -2.20. The Morgan fingerprint density at radius 1 is 0.548 bits per heavy atom. The van der Waals surface area contributed by atoms with E-state index in [4.69, 9.17) is 28.5 Å². The van der Waals surface area contributed by atoms with E-state index < -0.39 is 66.2 Å². The van der Waals surface area contributed by atoms with Crippen LogP contribution in [-0.2, 0) is 46.5 Å². The molecule has 5 atom stereocenters. The third-order valence-corrected chi connectivity index (χ3v) is 10.9. The Kier molecular flexibility index (Phi) is 35.1. The molecule has 0 aromatic rings. The van der Waals surface area contributed by atoms with Crippen LogP contribution in [0.1, 0.15) is 155 Å². The number of carbonyl (C=O) groups is 2. The van der Waals surface area contributed by atoms with Crippen LogP contribution in [0.4, 0.5) is 0 Å². The van der Waals surface area contributed by atoms with Gasteiger partial charge in [-0.3, -0.25) is 23.2 Å². The van der Waals surface area contributed by atoms with E-state index in [1.54, 1.807) is 0 Å². The van der Waals surface area contributed by atoms with Crippen LogP contribution in [0.25, 0.3) is 0 Å². The molecule has 0 amide bonds. The van der Waals surface area contributed by atoms with Crippen LogP contribution in [0.2, 0.25) is 0 Å². The van der Waals surface area contributed by atoms with Crippen LogP contribution in [-0.4, -0.2) is 82.6 Å². The topological polar surface area (TPSA) is 208 Å². The molecule has 0 aromatic heterocycles. The molecule has 3 unspecified atom stereocenters. The molecule has 356 valence electrons. The number of hydrogen-bond donors (Lipinski definition) is 4. The Labute approximate surface area is 371 Å². The molecule has 0 bridgehead atoms. The highest BCUT2D eigenvalue weighted by atomic mass is 31.2. The van der Waals surface area contributed by atoms with Gasteiger partial charge in [-0.05, 0) is 89.9 Å². The van der Waals surface area contributed by atoms with Crippen molar-refractivity contribution < 1.29 is 66.3 Å². The molecule has 0 aromatic carbocycles. The Balaban J connectivity index is 2.41. The summed E-state index contributed by atoms with van der Waals surface area (Å²) in [5.74, 6) is -1.13. The van der Waals surface area contributed by atoms with E-state index >= 15 is 0 Å². The van der Waals surface area contributed by atoms with Gasteiger partial charge in [0.25, 0.3) is 0 Å². The number of hydrogen-bond acceptors (Lipinski definition) is 11. The first-order valence-electron chi connectivity index (χ1n) is 22.8. The first-order chi connectivity index (χ1) is 29.8. The van der Waals surface area contributed by atoms with Crippen LogP contribution < -0.4 is 0 Å². The van der Waals surface area contributed by atoms with Crippen molar-refractivity contribution in [2.75, 3.05) is 26.4 Å². The average molecular weight is 917 g/mol. The largest absolute Gasteiger partial charge is 0.472 e. The summed E-state index contributed by atoms with van der Waals surface area (Å²) in [4.78, 5) is 52.8. The molecule has 1 saturated heterocycles. The van der Waals surface area contributed by atoms with Crippen LogP contribution in [0.15, 0.2) is 72.9 Å². The molecule has 1 fully saturated rings. The zero-order valence-corrected chi connectivity index (χ0v) is 39.2. The van der Waals surface area contributed by atoms with E-state index in [0.29, 0.717) is 31.5 Å². The Bertz CT molecular complexity index is 1440. The average Bonchev–Trinajstić information content (AvgIpc) is 3.99. The molecule has 1 aliphatic heterocycles. The number of allylic oxidation sites excluding steroid dienone is 10. The zero-order chi connectivity index (χ0) is 45.6. The molecule has 0 aliphatic carbocycles. The number of epoxide rings is 1. The first-order valence-corrected chi connectivity index (χ1v) is 25.8. The standard InChI is InChI=1S/C46H78O14P2/c1-3-5-7-9-11-12-13-14-15-16-17-18-19-20-23-28-32-36-46(49)59-42(40-58-62(53,54)57-38-41(47)37-56-61(50,51)52)39-55-45(48)35-31-27-24-21-22-26-30-34-44-43(60-44)33-29-25-10-8-6-4-2/h11-12,14-15,17-18,21,24-26,29-30,41-44,47H,3-10,13,16,19-20,22-23,27-28,31-40H2,1-2H3,(H,53,54)(H2,50,51,52)/b12-11-,15-14-,18-17-,24-21-,29-25-,30-26-/t41-,42+,43?,44?/m0/s1. The molecule has 1 rings (SSSR count). The molecular weight excluding hydrogens is 838 g/mol. The Morgan fingerprint density at radius 2 is 1.00 bits per heavy atom. The zero-order valence-electron chi connectivity index (χ0n) is 37.4. The van der Waals surface area contributed by atoms with Gasteiger partial charge in [-0.25, -0.2) is 9.13 Å². The number of aliphatic hydroxyl groups is 1. The van der Waals surface area contributed by atoms with Gasteiger partial charge in [0.05, 0.1) is 32.0 Å². The molecule has 1 aliphatic rings. The SMILES string of the molecule is CCCCC/C=C\C/C=C\C/C=C\CCCCCCC(=O)O[C@H](COC(=O)CCC/C=C\C/C=C\CC1OC1C/C=C\CCCCC)COP(=O)(O)OC[C@@H](O)COP(=O)(O)O. The van der Waals surface area contributed by atoms with Crippen molar-refractivity contribution in [3.8, 4) is 0 Å². The highest BCUT2D eigenvalue weighted by molar-refractivity contribution is 7.47. The maximum atomic E-state index is 12.7. The molecule has 4 N–H and O–H groups in total. The summed E-state index contributed by atoms with van der Waals surface area (Å²) in [5, 5.41) is 9.76. The van der Waals surface area contributed by atoms with Crippen LogP contribution in [0.5, 0.6) is 0 Å². The number of rotatable bonds is 41. The fraction of sp³-hybridized carbons (Fsp3) is 0.696. The van der Waals surface area contributed by atoms with Gasteiger partial charge in [-0.15, -0.1) is 0 Å². The van der Waals surface area contributed by atoms with Crippen LogP contribution in [0.3, 0.4) is 0 Å². The molecular formula is C46H78O14P2. The second-order valence-corrected chi connectivity index (χ2v) is 18.0. The van der Waals surface area contributed by atoms with Crippen molar-refractivity contribution in [3.63, 3.8) is 0 Å². The summed E-state index contributed by atoms with van der Waals surface area (Å²) in [6, 6.07) is 0. The van der Waals surface area contributed by atoms with Crippen molar-refractivity contribution in [3.05, 3.63) is 72.9 Å². The number of phosphoric acid groups is 2. The molecule has 16 heteroatoms. The molecule has 62 heavy (non-hydrogen) atoms. The van der Waals surface area contributed by atoms with E-state index in [0.717, 1.165) is 70.6 Å². The lowest BCUT2D eigenvalue weighted by atomic mass is 10.1. The second kappa shape index (κ2) is 37.9. The summed E-state index contributed by atoms with van der Waals surface area (Å²) < 4.78 is 53.5. The third kappa shape index (κ3) is 38.0. The van der Waals surface area contributed by atoms with Gasteiger partial charge in [0, 0.05) is 12.8 Å². The minimum Gasteiger partial charge on any atom is -0.462 e. The predicted octanol–water partition coefficient (Wildman–Crippen LogP) is 10.8. The summed E-state index contributed by atoms with van der Waals surface area (Å²) in [5.41, 5.74) is 0. The Morgan fingerprint density at radius 3 is 1.58 bits per heavy atom. The fourth-order valence-corrected chi connectivity index (χ4v) is 7.01. The van der Waals surface area contributed by atoms with Gasteiger partial charge in [0.15, 0.2) is 6.10 Å². The Hall–Kier alpha value is -2.48. The van der Waals surface area contributed by atoms with Gasteiger partial charge in [0.2, 0.25) is 0 Å². The molecule has 1 heterocycles. The lowest BCUT2D eigenvalue weighted by Crippen LogP contribution is -2.30. The normalized spacial score (nSPS) is 17.9. The van der Waals surface area contributed by atoms with E-state index in [-0.39, 0.29) is 12.8 Å². The molecule has 0 saturated carbocycles. The number of ether oxygens (including phenoxy) is 3. The lowest BCUT2D eigenvalue weighted by molar-refractivity contribution is -0.161. The van der Waals surface area contributed by atoms with E-state index in [1.165, 1.54) is 38.5 Å². The second-order valence-electron chi connectivity index (χ2n) is 15.4. The van der Waals surface area contributed by atoms with Crippen molar-refractivity contribution in [2.24, 2.45) is 0 Å². The number of aliphatic hydroxyl groups excluding tert-OH is 1. The molecule has 0 spiro atoms. The van der Waals surface area contributed by atoms with Crippen LogP contribution >= 0.6 is 15.6 Å². The number of esters is 2. The number of carbonyl (C=O) groups excluding carboxylic acids is 2. The highest BCUT2D eigenvalue weighted by Crippen LogP contribution is 2.44. The minimum absolute atomic E-state index is 0.0877. The maximum absolute atomic E-state index is 12.7. The summed E-state index contributed by atoms with van der Waals surface area (Å²) in [6.07, 6.45) is 43.5. The summed E-state index contributed by atoms with van der Waals surface area (Å²) in [7, 11) is -9.71. The van der Waals surface area contributed by atoms with Crippen molar-refractivity contribution >= 4 is 27.6 Å². The van der Waals surface area contributed by atoms with E-state index in [1.807, 2.05) is 12.2 Å². The van der Waals surface area contributed by atoms with Crippen molar-refractivity contribution in [1.29, 1.82) is 0 Å². The van der Waals surface area contributed by atoms with Gasteiger partial charge >= 0.3 is 27.6 Å². The van der Waals surface area contributed by atoms with Gasteiger partial charge in [0.1, 0.15) is 12.7 Å². The van der Waals surface area contributed by atoms with Crippen molar-refractivity contribution in [1.82, 2.24) is 0 Å². The number of phosphoric ester groups is 2. The van der Waals surface area contributed by atoms with Crippen LogP contribution in [0, 0.1) is 0 Å². The third-order valence-electron chi connectivity index (χ3n) is 9.46. The quantitative estimate of drug-likeness (QED) is 0.0148. The first kappa shape index (κ1) is 57.5. The summed E-state index contributed by atoms with van der Waals surface area (Å²) in [6.45, 7) is 1.60. The highest BCUT2D eigenvalue weighted by Gasteiger charge is 2.36. The van der Waals surface area contributed by atoms with E-state index in [9.17, 15) is 28.7 Å². The number of unbranched alkanes of at least 4 members (excludes halogenated alkanes) is 11. The van der Waals surface area contributed by atoms with Crippen molar-refractivity contribution in [2.45, 2.75) is 180 Å².